The van der Waals surface area contributed by atoms with Crippen molar-refractivity contribution < 1.29 is 14.7 Å². The maximum atomic E-state index is 9.82. The van der Waals surface area contributed by atoms with Gasteiger partial charge in [-0.25, -0.2) is 0 Å². The first kappa shape index (κ1) is 13.1. The van der Waals surface area contributed by atoms with Crippen LogP contribution in [0.1, 0.15) is 26.2 Å². The highest BCUT2D eigenvalue weighted by atomic mass is 16.4. The zero-order valence-corrected chi connectivity index (χ0v) is 6.91. The third-order valence-corrected chi connectivity index (χ3v) is 0.727. The Balaban J connectivity index is 0. The van der Waals surface area contributed by atoms with E-state index >= 15 is 0 Å². The molecule has 0 radical (unpaired) electrons. The van der Waals surface area contributed by atoms with Crippen LogP contribution in [-0.4, -0.2) is 17.0 Å². The molecule has 5 heteroatoms. The molecule has 0 saturated heterocycles. The molecule has 1 amide bonds. The van der Waals surface area contributed by atoms with Gasteiger partial charge in [0.15, 0.2) is 0 Å². The maximum Gasteiger partial charge on any atom is 0.317 e. The van der Waals surface area contributed by atoms with Gasteiger partial charge in [0.05, 0.1) is 6.07 Å². The highest BCUT2D eigenvalue weighted by Gasteiger charge is 1.87. The number of nitrogens with zero attached hydrogens (tertiary/aromatic N) is 1. The third kappa shape index (κ3) is 23.7. The van der Waals surface area contributed by atoms with Gasteiger partial charge in [-0.3, -0.25) is 9.59 Å². The van der Waals surface area contributed by atoms with E-state index in [2.05, 4.69) is 0 Å². The summed E-state index contributed by atoms with van der Waals surface area (Å²) in [4.78, 5) is 19.2. The number of amides is 1. The summed E-state index contributed by atoms with van der Waals surface area (Å²) in [6.07, 6.45) is 0.968. The van der Waals surface area contributed by atoms with Crippen LogP contribution in [0.2, 0.25) is 0 Å². The van der Waals surface area contributed by atoms with E-state index in [9.17, 15) is 9.59 Å². The molecule has 0 aliphatic heterocycles. The van der Waals surface area contributed by atoms with E-state index in [0.717, 1.165) is 6.42 Å². The molecule has 0 aliphatic carbocycles. The van der Waals surface area contributed by atoms with Gasteiger partial charge in [0.2, 0.25) is 5.91 Å². The van der Waals surface area contributed by atoms with Gasteiger partial charge in [0, 0.05) is 6.42 Å². The summed E-state index contributed by atoms with van der Waals surface area (Å²) in [6.45, 7) is 1.92. The molecule has 0 bridgehead atoms. The molecule has 0 aromatic heterocycles. The van der Waals surface area contributed by atoms with Gasteiger partial charge in [-0.2, -0.15) is 5.26 Å². The topological polar surface area (TPSA) is 104 Å². The highest BCUT2D eigenvalue weighted by molar-refractivity contribution is 5.73. The van der Waals surface area contributed by atoms with Crippen LogP contribution in [0, 0.1) is 11.3 Å². The van der Waals surface area contributed by atoms with Crippen molar-refractivity contribution >= 4 is 11.9 Å². The summed E-state index contributed by atoms with van der Waals surface area (Å²) < 4.78 is 0. The molecule has 0 aromatic carbocycles. The second-order valence-corrected chi connectivity index (χ2v) is 1.94. The smallest absolute Gasteiger partial charge is 0.317 e. The van der Waals surface area contributed by atoms with Crippen molar-refractivity contribution in [3.8, 4) is 6.07 Å². The normalized spacial score (nSPS) is 7.33. The molecular formula is C7H12N2O3. The quantitative estimate of drug-likeness (QED) is 0.636. The van der Waals surface area contributed by atoms with E-state index in [1.54, 1.807) is 0 Å². The lowest BCUT2D eigenvalue weighted by atomic mass is 10.3. The molecular weight excluding hydrogens is 160 g/mol. The lowest BCUT2D eigenvalue weighted by molar-refractivity contribution is -0.135. The lowest BCUT2D eigenvalue weighted by Gasteiger charge is -1.81. The molecule has 0 unspecified atom stereocenters. The number of carboxylic acids is 1. The van der Waals surface area contributed by atoms with Crippen LogP contribution in [0.15, 0.2) is 0 Å². The fourth-order valence-electron chi connectivity index (χ4n) is 0.314. The summed E-state index contributed by atoms with van der Waals surface area (Å²) in [5, 5.41) is 15.3. The summed E-state index contributed by atoms with van der Waals surface area (Å²) in [5.74, 6) is -1.28. The van der Waals surface area contributed by atoms with Crippen molar-refractivity contribution in [1.82, 2.24) is 0 Å². The average molecular weight is 172 g/mol. The number of primary amides is 1. The van der Waals surface area contributed by atoms with Crippen LogP contribution >= 0.6 is 0 Å². The van der Waals surface area contributed by atoms with Gasteiger partial charge in [0.25, 0.3) is 0 Å². The van der Waals surface area contributed by atoms with E-state index in [1.165, 1.54) is 6.07 Å². The predicted molar refractivity (Wildman–Crippen MR) is 42.0 cm³/mol. The largest absolute Gasteiger partial charge is 0.480 e. The zero-order valence-electron chi connectivity index (χ0n) is 6.91. The number of nitrogens with two attached hydrogens (primary N) is 1. The van der Waals surface area contributed by atoms with Gasteiger partial charge < -0.3 is 10.8 Å². The molecule has 68 valence electrons. The Hall–Kier alpha value is -1.57. The minimum atomic E-state index is -1.07. The fraction of sp³-hybridized carbons (Fsp3) is 0.571. The first-order valence-electron chi connectivity index (χ1n) is 3.41. The zero-order chi connectivity index (χ0) is 9.98. The first-order valence-corrected chi connectivity index (χ1v) is 3.41. The third-order valence-electron chi connectivity index (χ3n) is 0.727. The van der Waals surface area contributed by atoms with Gasteiger partial charge in [0.1, 0.15) is 6.42 Å². The van der Waals surface area contributed by atoms with E-state index < -0.39 is 12.4 Å². The van der Waals surface area contributed by atoms with Gasteiger partial charge in [-0.15, -0.1) is 0 Å². The Morgan fingerprint density at radius 3 is 2.08 bits per heavy atom. The first-order chi connectivity index (χ1) is 5.54. The van der Waals surface area contributed by atoms with Crippen molar-refractivity contribution in [2.24, 2.45) is 5.73 Å². The average Bonchev–Trinajstić information content (AvgIpc) is 1.87. The Bertz CT molecular complexity index is 184. The second kappa shape index (κ2) is 9.43. The summed E-state index contributed by atoms with van der Waals surface area (Å²) in [6, 6.07) is 1.47. The van der Waals surface area contributed by atoms with Crippen molar-refractivity contribution in [2.75, 3.05) is 0 Å². The molecule has 0 aliphatic rings. The number of nitriles is 1. The molecule has 5 nitrogen and oxygen atoms in total. The van der Waals surface area contributed by atoms with Crippen molar-refractivity contribution in [1.29, 1.82) is 5.26 Å². The molecule has 3 N–H and O–H groups in total. The van der Waals surface area contributed by atoms with Crippen LogP contribution in [-0.2, 0) is 9.59 Å². The number of carbonyl (C=O) groups is 2. The van der Waals surface area contributed by atoms with E-state index in [0.29, 0.717) is 6.42 Å². The van der Waals surface area contributed by atoms with Crippen molar-refractivity contribution in [3.63, 3.8) is 0 Å². The standard InChI is InChI=1S/C4H9NO.C3H3NO2/c1-2-3-4(5)6;4-2-1-3(5)6/h2-3H2,1H3,(H2,5,6);1H2,(H,5,6). The Morgan fingerprint density at radius 1 is 1.58 bits per heavy atom. The molecule has 12 heavy (non-hydrogen) atoms. The Morgan fingerprint density at radius 2 is 2.08 bits per heavy atom. The van der Waals surface area contributed by atoms with E-state index in [4.69, 9.17) is 16.1 Å². The van der Waals surface area contributed by atoms with Gasteiger partial charge in [-0.05, 0) is 6.42 Å². The van der Waals surface area contributed by atoms with Crippen molar-refractivity contribution in [3.05, 3.63) is 0 Å². The fourth-order valence-corrected chi connectivity index (χ4v) is 0.314. The molecule has 0 atom stereocenters. The summed E-state index contributed by atoms with van der Waals surface area (Å²) in [5.41, 5.74) is 4.76. The number of hydrogen-bond donors (Lipinski definition) is 2. The minimum Gasteiger partial charge on any atom is -0.480 e. The maximum absolute atomic E-state index is 9.82. The monoisotopic (exact) mass is 172 g/mol. The summed E-state index contributed by atoms with van der Waals surface area (Å²) in [7, 11) is 0. The SMILES string of the molecule is CCCC(N)=O.N#CCC(=O)O. The van der Waals surface area contributed by atoms with Gasteiger partial charge in [-0.1, -0.05) is 6.92 Å². The molecule has 0 rings (SSSR count). The Labute approximate surface area is 70.8 Å². The number of aliphatic carboxylic acids is 1. The molecule has 0 aromatic rings. The van der Waals surface area contributed by atoms with E-state index in [-0.39, 0.29) is 5.91 Å². The molecule has 0 fully saturated rings. The number of carbonyl (C=O) groups excluding carboxylic acids is 1. The van der Waals surface area contributed by atoms with Crippen LogP contribution in [0.5, 0.6) is 0 Å². The second-order valence-electron chi connectivity index (χ2n) is 1.94. The summed E-state index contributed by atoms with van der Waals surface area (Å²) >= 11 is 0. The highest BCUT2D eigenvalue weighted by Crippen LogP contribution is 1.79. The molecule has 0 saturated carbocycles. The van der Waals surface area contributed by atoms with Crippen LogP contribution in [0.4, 0.5) is 0 Å². The van der Waals surface area contributed by atoms with Crippen LogP contribution in [0.25, 0.3) is 0 Å². The Kier molecular flexibility index (Phi) is 10.3. The predicted octanol–water partition coefficient (Wildman–Crippen LogP) is 0.256. The minimum absolute atomic E-state index is 0.211. The molecule has 0 heterocycles. The number of rotatable bonds is 3. The van der Waals surface area contributed by atoms with E-state index in [1.807, 2.05) is 6.92 Å². The molecule has 0 spiro atoms. The van der Waals surface area contributed by atoms with Crippen LogP contribution < -0.4 is 5.73 Å². The number of carboxylic acid groups (broad SMARTS) is 1. The van der Waals surface area contributed by atoms with Crippen LogP contribution in [0.3, 0.4) is 0 Å². The van der Waals surface area contributed by atoms with Crippen molar-refractivity contribution in [2.45, 2.75) is 26.2 Å². The van der Waals surface area contributed by atoms with Gasteiger partial charge >= 0.3 is 5.97 Å². The number of hydrogen-bond acceptors (Lipinski definition) is 3. The lowest BCUT2D eigenvalue weighted by Crippen LogP contribution is -2.08.